The van der Waals surface area contributed by atoms with E-state index < -0.39 is 5.82 Å². The van der Waals surface area contributed by atoms with Crippen LogP contribution in [0.2, 0.25) is 0 Å². The van der Waals surface area contributed by atoms with Crippen molar-refractivity contribution in [3.63, 3.8) is 0 Å². The van der Waals surface area contributed by atoms with Gasteiger partial charge in [0.2, 0.25) is 0 Å². The summed E-state index contributed by atoms with van der Waals surface area (Å²) >= 11 is 0. The number of allylic oxidation sites excluding steroid dienone is 4. The molecule has 0 atom stereocenters. The number of ether oxygens (including phenoxy) is 1. The lowest BCUT2D eigenvalue weighted by molar-refractivity contribution is -0.117. The molecular weight excluding hydrogens is 367 g/mol. The zero-order valence-electron chi connectivity index (χ0n) is 17.8. The molecule has 1 rings (SSSR count). The van der Waals surface area contributed by atoms with Crippen molar-refractivity contribution in [2.45, 2.75) is 53.5 Å². The highest BCUT2D eigenvalue weighted by Crippen LogP contribution is 2.21. The number of terminal acetylenes is 1. The zero-order chi connectivity index (χ0) is 21.8. The lowest BCUT2D eigenvalue weighted by Crippen LogP contribution is -2.26. The average Bonchev–Trinajstić information content (AvgIpc) is 2.70. The van der Waals surface area contributed by atoms with E-state index in [0.717, 1.165) is 12.0 Å². The molecule has 0 spiro atoms. The molecule has 0 aliphatic carbocycles. The van der Waals surface area contributed by atoms with Gasteiger partial charge in [-0.05, 0) is 45.8 Å². The first-order valence-corrected chi connectivity index (χ1v) is 9.74. The molecule has 4 nitrogen and oxygen atoms in total. The van der Waals surface area contributed by atoms with Gasteiger partial charge in [-0.25, -0.2) is 4.39 Å². The molecule has 1 amide bonds. The summed E-state index contributed by atoms with van der Waals surface area (Å²) in [5, 5.41) is 2.73. The summed E-state index contributed by atoms with van der Waals surface area (Å²) in [5.41, 5.74) is 9.28. The van der Waals surface area contributed by atoms with Crippen LogP contribution in [0.3, 0.4) is 0 Å². The maximum atomic E-state index is 14.6. The number of nitrogens with two attached hydrogens (primary N) is 1. The predicted molar refractivity (Wildman–Crippen MR) is 117 cm³/mol. The molecule has 0 aliphatic heterocycles. The van der Waals surface area contributed by atoms with Crippen molar-refractivity contribution in [2.75, 3.05) is 6.61 Å². The Labute approximate surface area is 173 Å². The molecule has 1 aromatic rings. The highest BCUT2D eigenvalue weighted by Gasteiger charge is 2.13. The number of unbranched alkanes of at least 4 members (excludes halogenated alkanes) is 1. The molecule has 0 bridgehead atoms. The normalized spacial score (nSPS) is 12.8. The van der Waals surface area contributed by atoms with Crippen molar-refractivity contribution >= 4 is 5.91 Å². The minimum absolute atomic E-state index is 0.0274. The van der Waals surface area contributed by atoms with E-state index in [1.165, 1.54) is 5.57 Å². The summed E-state index contributed by atoms with van der Waals surface area (Å²) in [4.78, 5) is 12.6. The summed E-state index contributed by atoms with van der Waals surface area (Å²) in [7, 11) is 0. The number of rotatable bonds is 10. The van der Waals surface area contributed by atoms with Crippen molar-refractivity contribution in [3.05, 3.63) is 64.1 Å². The predicted octanol–water partition coefficient (Wildman–Crippen LogP) is 4.77. The average molecular weight is 399 g/mol. The van der Waals surface area contributed by atoms with Gasteiger partial charge in [-0.2, -0.15) is 0 Å². The molecule has 1 aromatic carbocycles. The Hall–Kier alpha value is -3.00. The van der Waals surface area contributed by atoms with Crippen molar-refractivity contribution in [2.24, 2.45) is 5.73 Å². The van der Waals surface area contributed by atoms with Gasteiger partial charge in [0.25, 0.3) is 5.91 Å². The monoisotopic (exact) mass is 398 g/mol. The van der Waals surface area contributed by atoms with E-state index in [9.17, 15) is 9.18 Å². The van der Waals surface area contributed by atoms with Crippen molar-refractivity contribution < 1.29 is 13.9 Å². The fourth-order valence-electron chi connectivity index (χ4n) is 2.45. The highest BCUT2D eigenvalue weighted by atomic mass is 19.1. The molecule has 5 heteroatoms. The number of nitrogens with one attached hydrogen (secondary N) is 1. The quantitative estimate of drug-likeness (QED) is 0.258. The summed E-state index contributed by atoms with van der Waals surface area (Å²) in [6.45, 7) is 8.14. The second-order valence-electron chi connectivity index (χ2n) is 6.81. The molecular formula is C24H31FN2O2. The largest absolute Gasteiger partial charge is 0.490 e. The van der Waals surface area contributed by atoms with Gasteiger partial charge in [0, 0.05) is 24.2 Å². The second-order valence-corrected chi connectivity index (χ2v) is 6.81. The van der Waals surface area contributed by atoms with Crippen LogP contribution in [0.25, 0.3) is 0 Å². The molecule has 156 valence electrons. The molecule has 29 heavy (non-hydrogen) atoms. The van der Waals surface area contributed by atoms with Crippen LogP contribution in [-0.4, -0.2) is 12.5 Å². The zero-order valence-corrected chi connectivity index (χ0v) is 17.8. The van der Waals surface area contributed by atoms with Crippen molar-refractivity contribution in [1.82, 2.24) is 5.32 Å². The van der Waals surface area contributed by atoms with Crippen LogP contribution in [0.1, 0.15) is 52.5 Å². The fraction of sp³-hybridized carbons (Fsp3) is 0.375. The lowest BCUT2D eigenvalue weighted by atomic mass is 10.1. The van der Waals surface area contributed by atoms with Gasteiger partial charge in [-0.3, -0.25) is 4.79 Å². The van der Waals surface area contributed by atoms with Gasteiger partial charge in [0.1, 0.15) is 0 Å². The number of halogens is 1. The topological polar surface area (TPSA) is 64.3 Å². The van der Waals surface area contributed by atoms with E-state index in [4.69, 9.17) is 16.9 Å². The van der Waals surface area contributed by atoms with Gasteiger partial charge in [-0.15, -0.1) is 12.3 Å². The van der Waals surface area contributed by atoms with Gasteiger partial charge < -0.3 is 15.8 Å². The van der Waals surface area contributed by atoms with E-state index in [2.05, 4.69) is 18.2 Å². The smallest absolute Gasteiger partial charge is 0.253 e. The van der Waals surface area contributed by atoms with Crippen LogP contribution in [0, 0.1) is 18.2 Å². The van der Waals surface area contributed by atoms with Crippen LogP contribution < -0.4 is 15.8 Å². The highest BCUT2D eigenvalue weighted by molar-refractivity contribution is 5.96. The number of hydrogen-bond acceptors (Lipinski definition) is 3. The molecule has 0 heterocycles. The van der Waals surface area contributed by atoms with E-state index in [-0.39, 0.29) is 18.2 Å². The molecule has 0 saturated heterocycles. The van der Waals surface area contributed by atoms with E-state index in [1.54, 1.807) is 31.2 Å². The summed E-state index contributed by atoms with van der Waals surface area (Å²) in [6, 6.07) is 4.85. The Morgan fingerprint density at radius 2 is 2.03 bits per heavy atom. The maximum absolute atomic E-state index is 14.6. The van der Waals surface area contributed by atoms with Gasteiger partial charge in [0.05, 0.1) is 12.2 Å². The van der Waals surface area contributed by atoms with Crippen LogP contribution in [0.4, 0.5) is 4.39 Å². The number of carbonyl (C=O) groups is 1. The minimum Gasteiger partial charge on any atom is -0.490 e. The SMILES string of the molecule is C#CCCCOc1cccc(CNC(=O)C(/C=C\C(C)=C(C)CC)=C(/C)N)c1F. The standard InChI is InChI=1S/C24H31FN2O2/c1-6-8-9-15-29-22-12-10-11-20(23(22)25)16-27-24(28)21(19(5)26)14-13-18(4)17(3)7-2/h1,10-14H,7-9,15-16,26H2,2-5H3,(H,27,28)/b14-13-,18-17?,21-19-. The Bertz CT molecular complexity index is 841. The Kier molecular flexibility index (Phi) is 10.3. The first-order chi connectivity index (χ1) is 13.8. The summed E-state index contributed by atoms with van der Waals surface area (Å²) < 4.78 is 20.0. The molecule has 0 aliphatic rings. The van der Waals surface area contributed by atoms with E-state index >= 15 is 0 Å². The second kappa shape index (κ2) is 12.5. The van der Waals surface area contributed by atoms with Gasteiger partial charge >= 0.3 is 0 Å². The van der Waals surface area contributed by atoms with Crippen molar-refractivity contribution in [3.8, 4) is 18.1 Å². The van der Waals surface area contributed by atoms with Crippen LogP contribution >= 0.6 is 0 Å². The van der Waals surface area contributed by atoms with Crippen LogP contribution in [-0.2, 0) is 11.3 Å². The number of carbonyl (C=O) groups excluding carboxylic acids is 1. The number of benzene rings is 1. The maximum Gasteiger partial charge on any atom is 0.253 e. The van der Waals surface area contributed by atoms with Gasteiger partial charge in [0.15, 0.2) is 11.6 Å². The summed E-state index contributed by atoms with van der Waals surface area (Å²) in [6.07, 6.45) is 10.9. The third-order valence-electron chi connectivity index (χ3n) is 4.58. The van der Waals surface area contributed by atoms with Crippen molar-refractivity contribution in [1.29, 1.82) is 0 Å². The molecule has 0 saturated carbocycles. The Morgan fingerprint density at radius 1 is 1.31 bits per heavy atom. The Balaban J connectivity index is 2.83. The molecule has 3 N–H and O–H groups in total. The third-order valence-corrected chi connectivity index (χ3v) is 4.58. The molecule has 0 radical (unpaired) electrons. The molecule has 0 fully saturated rings. The van der Waals surface area contributed by atoms with Crippen LogP contribution in [0.15, 0.2) is 52.8 Å². The fourth-order valence-corrected chi connectivity index (χ4v) is 2.45. The number of amides is 1. The molecule has 0 unspecified atom stereocenters. The first-order valence-electron chi connectivity index (χ1n) is 9.74. The third kappa shape index (κ3) is 7.87. The van der Waals surface area contributed by atoms with E-state index in [1.807, 2.05) is 19.9 Å². The Morgan fingerprint density at radius 3 is 2.66 bits per heavy atom. The minimum atomic E-state index is -0.489. The summed E-state index contributed by atoms with van der Waals surface area (Å²) in [5.74, 6) is 1.82. The first kappa shape index (κ1) is 24.0. The van der Waals surface area contributed by atoms with Gasteiger partial charge in [-0.1, -0.05) is 36.3 Å². The van der Waals surface area contributed by atoms with E-state index in [0.29, 0.717) is 36.3 Å². The number of hydrogen-bond donors (Lipinski definition) is 2. The molecule has 0 aromatic heterocycles. The van der Waals surface area contributed by atoms with Crippen LogP contribution in [0.5, 0.6) is 5.75 Å². The lowest BCUT2D eigenvalue weighted by Gasteiger charge is -2.12.